The van der Waals surface area contributed by atoms with Crippen LogP contribution in [0, 0.1) is 0 Å². The number of benzene rings is 1. The summed E-state index contributed by atoms with van der Waals surface area (Å²) in [5, 5.41) is 0. The van der Waals surface area contributed by atoms with E-state index >= 15 is 0 Å². The third-order valence-electron chi connectivity index (χ3n) is 4.04. The van der Waals surface area contributed by atoms with Crippen molar-refractivity contribution >= 4 is 28.8 Å². The van der Waals surface area contributed by atoms with Crippen LogP contribution in [-0.2, 0) is 4.74 Å². The van der Waals surface area contributed by atoms with Crippen LogP contribution in [0.25, 0.3) is 5.57 Å². The quantitative estimate of drug-likeness (QED) is 0.544. The first-order chi connectivity index (χ1) is 10.2. The van der Waals surface area contributed by atoms with Gasteiger partial charge >= 0.3 is 6.11 Å². The predicted molar refractivity (Wildman–Crippen MR) is 78.3 cm³/mol. The fourth-order valence-electron chi connectivity index (χ4n) is 2.45. The molecule has 1 aliphatic carbocycles. The third kappa shape index (κ3) is 2.59. The molecule has 0 N–H and O–H groups in total. The smallest absolute Gasteiger partial charge is 0.429 e. The van der Waals surface area contributed by atoms with Crippen molar-refractivity contribution in [2.45, 2.75) is 35.1 Å². The molecule has 1 saturated carbocycles. The van der Waals surface area contributed by atoms with Crippen molar-refractivity contribution in [1.82, 2.24) is 0 Å². The third-order valence-corrected chi connectivity index (χ3v) is 4.98. The van der Waals surface area contributed by atoms with Gasteiger partial charge in [-0.3, -0.25) is 0 Å². The number of hydrogen-bond donors (Lipinski definition) is 0. The van der Waals surface area contributed by atoms with E-state index in [4.69, 9.17) is 27.9 Å². The summed E-state index contributed by atoms with van der Waals surface area (Å²) in [6, 6.07) is 5.72. The van der Waals surface area contributed by atoms with Gasteiger partial charge in [-0.25, -0.2) is 4.39 Å². The lowest BCUT2D eigenvalue weighted by molar-refractivity contribution is -0.199. The molecule has 0 bridgehead atoms. The number of halogens is 5. The van der Waals surface area contributed by atoms with Crippen molar-refractivity contribution in [1.29, 1.82) is 0 Å². The molecule has 7 heteroatoms. The van der Waals surface area contributed by atoms with E-state index in [1.165, 1.54) is 12.1 Å². The van der Waals surface area contributed by atoms with Gasteiger partial charge in [0, 0.05) is 0 Å². The van der Waals surface area contributed by atoms with Gasteiger partial charge in [0.15, 0.2) is 0 Å². The molecule has 0 radical (unpaired) electrons. The topological polar surface area (TPSA) is 21.8 Å². The van der Waals surface area contributed by atoms with E-state index in [9.17, 15) is 13.2 Å². The van der Waals surface area contributed by atoms with Gasteiger partial charge in [0.1, 0.15) is 11.4 Å². The summed E-state index contributed by atoms with van der Waals surface area (Å²) in [6.07, 6.45) is -2.38. The van der Waals surface area contributed by atoms with Crippen molar-refractivity contribution in [2.75, 3.05) is 6.61 Å². The standard InChI is InChI=1S/C15H13Cl2F3O2/c1-9(14(8-21-14)13(17)6-7-13)10-2-4-11(5-3-10)22-15(19,20)12(16)18/h2-5,12H,1,6-8H2. The zero-order chi connectivity index (χ0) is 16.2. The fourth-order valence-corrected chi connectivity index (χ4v) is 2.81. The van der Waals surface area contributed by atoms with Crippen LogP contribution in [0.15, 0.2) is 30.8 Å². The summed E-state index contributed by atoms with van der Waals surface area (Å²) in [5.41, 5.74) is -2.07. The molecule has 0 spiro atoms. The van der Waals surface area contributed by atoms with Gasteiger partial charge in [-0.2, -0.15) is 8.78 Å². The highest BCUT2D eigenvalue weighted by atomic mass is 35.5. The summed E-state index contributed by atoms with van der Waals surface area (Å²) >= 11 is 11.2. The van der Waals surface area contributed by atoms with E-state index in [1.807, 2.05) is 0 Å². The molecule has 3 rings (SSSR count). The minimum atomic E-state index is -4.09. The second-order valence-corrected chi connectivity index (χ2v) is 6.66. The van der Waals surface area contributed by atoms with Crippen molar-refractivity contribution < 1.29 is 22.6 Å². The van der Waals surface area contributed by atoms with E-state index < -0.39 is 22.2 Å². The van der Waals surface area contributed by atoms with Crippen LogP contribution >= 0.6 is 23.2 Å². The van der Waals surface area contributed by atoms with Crippen LogP contribution in [0.3, 0.4) is 0 Å². The van der Waals surface area contributed by atoms with E-state index in [1.54, 1.807) is 12.1 Å². The Morgan fingerprint density at radius 3 is 2.27 bits per heavy atom. The zero-order valence-corrected chi connectivity index (χ0v) is 12.9. The number of alkyl halides is 5. The van der Waals surface area contributed by atoms with Gasteiger partial charge in [-0.1, -0.05) is 30.3 Å². The molecule has 1 aromatic carbocycles. The van der Waals surface area contributed by atoms with E-state index in [0.29, 0.717) is 17.7 Å². The highest BCUT2D eigenvalue weighted by Gasteiger charge is 2.68. The van der Waals surface area contributed by atoms with Crippen LogP contribution in [0.2, 0.25) is 0 Å². The van der Waals surface area contributed by atoms with Crippen molar-refractivity contribution in [2.24, 2.45) is 0 Å². The first kappa shape index (κ1) is 16.0. The van der Waals surface area contributed by atoms with Crippen molar-refractivity contribution in [3.05, 3.63) is 36.4 Å². The lowest BCUT2D eigenvalue weighted by Crippen LogP contribution is -2.32. The molecule has 2 unspecified atom stereocenters. The van der Waals surface area contributed by atoms with Crippen LogP contribution in [0.4, 0.5) is 13.2 Å². The molecular formula is C15H13Cl2F3O2. The number of hydrogen-bond acceptors (Lipinski definition) is 2. The van der Waals surface area contributed by atoms with E-state index in [0.717, 1.165) is 12.8 Å². The maximum absolute atomic E-state index is 13.1. The SMILES string of the molecule is C=C(c1ccc(OC(F)(F)C(F)Cl)cc1)C1(C2(Cl)CC2)CO1. The first-order valence-corrected chi connectivity index (χ1v) is 7.49. The lowest BCUT2D eigenvalue weighted by atomic mass is 9.90. The Kier molecular flexibility index (Phi) is 3.66. The second kappa shape index (κ2) is 5.05. The summed E-state index contributed by atoms with van der Waals surface area (Å²) in [5.74, 6) is -0.192. The Labute approximate surface area is 135 Å². The molecule has 1 aliphatic heterocycles. The molecule has 1 aromatic rings. The molecule has 120 valence electrons. The van der Waals surface area contributed by atoms with Gasteiger partial charge in [0.05, 0.1) is 11.5 Å². The van der Waals surface area contributed by atoms with Gasteiger partial charge in [-0.15, -0.1) is 11.6 Å². The highest BCUT2D eigenvalue weighted by Crippen LogP contribution is 2.62. The lowest BCUT2D eigenvalue weighted by Gasteiger charge is -2.21. The number of epoxide rings is 1. The van der Waals surface area contributed by atoms with Crippen molar-refractivity contribution in [3.8, 4) is 5.75 Å². The summed E-state index contributed by atoms with van der Waals surface area (Å²) in [4.78, 5) is -0.410. The predicted octanol–water partition coefficient (Wildman–Crippen LogP) is 4.75. The van der Waals surface area contributed by atoms with Crippen LogP contribution < -0.4 is 4.74 Å². The molecule has 22 heavy (non-hydrogen) atoms. The van der Waals surface area contributed by atoms with Gasteiger partial charge in [0.2, 0.25) is 0 Å². The molecule has 0 aromatic heterocycles. The Hall–Kier alpha value is -0.910. The summed E-state index contributed by atoms with van der Waals surface area (Å²) < 4.78 is 48.4. The summed E-state index contributed by atoms with van der Waals surface area (Å²) in [6.45, 7) is 4.52. The number of ether oxygens (including phenoxy) is 2. The van der Waals surface area contributed by atoms with Gasteiger partial charge < -0.3 is 9.47 Å². The molecule has 2 aliphatic rings. The van der Waals surface area contributed by atoms with E-state index in [2.05, 4.69) is 11.3 Å². The molecule has 0 amide bonds. The minimum Gasteiger partial charge on any atom is -0.429 e. The van der Waals surface area contributed by atoms with E-state index in [-0.39, 0.29) is 5.75 Å². The average molecular weight is 353 g/mol. The molecule has 2 nitrogen and oxygen atoms in total. The summed E-state index contributed by atoms with van der Waals surface area (Å²) in [7, 11) is 0. The van der Waals surface area contributed by atoms with Crippen LogP contribution in [0.1, 0.15) is 18.4 Å². The maximum Gasteiger partial charge on any atom is 0.444 e. The number of rotatable bonds is 6. The minimum absolute atomic E-state index is 0.192. The van der Waals surface area contributed by atoms with Gasteiger partial charge in [0.25, 0.3) is 5.63 Å². The normalized spacial score (nSPS) is 27.1. The molecule has 1 heterocycles. The van der Waals surface area contributed by atoms with Crippen molar-refractivity contribution in [3.63, 3.8) is 0 Å². The molecule has 1 saturated heterocycles. The molecule has 2 atom stereocenters. The molecular weight excluding hydrogens is 340 g/mol. The first-order valence-electron chi connectivity index (χ1n) is 6.68. The van der Waals surface area contributed by atoms with Crippen LogP contribution in [0.5, 0.6) is 5.75 Å². The molecule has 2 fully saturated rings. The Bertz CT molecular complexity index is 593. The average Bonchev–Trinajstić information content (AvgIpc) is 3.34. The Morgan fingerprint density at radius 1 is 1.32 bits per heavy atom. The largest absolute Gasteiger partial charge is 0.444 e. The van der Waals surface area contributed by atoms with Gasteiger partial charge in [-0.05, 0) is 36.1 Å². The Morgan fingerprint density at radius 2 is 1.86 bits per heavy atom. The van der Waals surface area contributed by atoms with Crippen LogP contribution in [-0.4, -0.2) is 28.8 Å². The monoisotopic (exact) mass is 352 g/mol. The fraction of sp³-hybridized carbons (Fsp3) is 0.467. The maximum atomic E-state index is 13.1. The second-order valence-electron chi connectivity index (χ2n) is 5.55. The highest BCUT2D eigenvalue weighted by molar-refractivity contribution is 6.28. The Balaban J connectivity index is 1.74. The zero-order valence-electron chi connectivity index (χ0n) is 11.4.